The van der Waals surface area contributed by atoms with Crippen molar-refractivity contribution in [1.82, 2.24) is 10.7 Å². The van der Waals surface area contributed by atoms with E-state index in [0.717, 1.165) is 5.56 Å². The van der Waals surface area contributed by atoms with Crippen LogP contribution >= 0.6 is 0 Å². The van der Waals surface area contributed by atoms with Gasteiger partial charge in [0.25, 0.3) is 5.91 Å². The fraction of sp³-hybridized carbons (Fsp3) is 0.118. The molecule has 0 spiro atoms. The Balaban J connectivity index is 1.68. The van der Waals surface area contributed by atoms with E-state index in [0.29, 0.717) is 5.56 Å². The van der Waals surface area contributed by atoms with Gasteiger partial charge in [-0.15, -0.1) is 0 Å². The first-order valence-electron chi connectivity index (χ1n) is 6.96. The van der Waals surface area contributed by atoms with Crippen molar-refractivity contribution in [3.05, 3.63) is 71.8 Å². The molecule has 0 aliphatic heterocycles. The number of nitrogens with one attached hydrogen (secondary N) is 2. The molecule has 2 aromatic carbocycles. The standard InChI is InChI=1S/C17H17N3O2/c21-16(20-19-13-14-7-3-1-4-8-14)11-12-18-17(22)15-9-5-2-6-10-15/h1-10,13H,11-12H2,(H,18,22)(H,20,21)/b19-13-. The predicted octanol–water partition coefficient (Wildman–Crippen LogP) is 1.96. The van der Waals surface area contributed by atoms with Crippen molar-refractivity contribution >= 4 is 18.0 Å². The second kappa shape index (κ2) is 8.36. The van der Waals surface area contributed by atoms with Gasteiger partial charge in [0.05, 0.1) is 6.21 Å². The largest absolute Gasteiger partial charge is 0.352 e. The van der Waals surface area contributed by atoms with Crippen molar-refractivity contribution in [2.75, 3.05) is 6.54 Å². The topological polar surface area (TPSA) is 70.6 Å². The highest BCUT2D eigenvalue weighted by atomic mass is 16.2. The fourth-order valence-corrected chi connectivity index (χ4v) is 1.75. The lowest BCUT2D eigenvalue weighted by molar-refractivity contribution is -0.120. The minimum Gasteiger partial charge on any atom is -0.352 e. The zero-order valence-electron chi connectivity index (χ0n) is 12.0. The van der Waals surface area contributed by atoms with E-state index in [1.54, 1.807) is 30.5 Å². The van der Waals surface area contributed by atoms with Crippen LogP contribution in [-0.2, 0) is 4.79 Å². The Bertz CT molecular complexity index is 639. The van der Waals surface area contributed by atoms with Gasteiger partial charge >= 0.3 is 0 Å². The Kier molecular flexibility index (Phi) is 5.87. The molecule has 0 atom stereocenters. The summed E-state index contributed by atoms with van der Waals surface area (Å²) in [7, 11) is 0. The number of hydrogen-bond donors (Lipinski definition) is 2. The molecule has 2 amide bonds. The first kappa shape index (κ1) is 15.4. The van der Waals surface area contributed by atoms with Crippen LogP contribution in [0.1, 0.15) is 22.3 Å². The molecular weight excluding hydrogens is 278 g/mol. The van der Waals surface area contributed by atoms with Gasteiger partial charge in [0, 0.05) is 18.5 Å². The summed E-state index contributed by atoms with van der Waals surface area (Å²) >= 11 is 0. The van der Waals surface area contributed by atoms with Crippen molar-refractivity contribution in [2.45, 2.75) is 6.42 Å². The van der Waals surface area contributed by atoms with Crippen molar-refractivity contribution in [1.29, 1.82) is 0 Å². The number of amides is 2. The molecule has 5 nitrogen and oxygen atoms in total. The highest BCUT2D eigenvalue weighted by molar-refractivity contribution is 5.94. The molecule has 0 heterocycles. The van der Waals surface area contributed by atoms with Gasteiger partial charge in [-0.3, -0.25) is 9.59 Å². The molecule has 0 bridgehead atoms. The van der Waals surface area contributed by atoms with E-state index >= 15 is 0 Å². The quantitative estimate of drug-likeness (QED) is 0.631. The summed E-state index contributed by atoms with van der Waals surface area (Å²) in [4.78, 5) is 23.3. The number of benzene rings is 2. The third-order valence-electron chi connectivity index (χ3n) is 2.88. The monoisotopic (exact) mass is 295 g/mol. The van der Waals surface area contributed by atoms with Gasteiger partial charge in [0.1, 0.15) is 0 Å². The molecule has 2 rings (SSSR count). The summed E-state index contributed by atoms with van der Waals surface area (Å²) in [6, 6.07) is 18.3. The van der Waals surface area contributed by atoms with Gasteiger partial charge in [-0.1, -0.05) is 48.5 Å². The predicted molar refractivity (Wildman–Crippen MR) is 85.6 cm³/mol. The number of hydrazone groups is 1. The molecule has 0 saturated heterocycles. The SMILES string of the molecule is O=C(CCNC(=O)c1ccccc1)N/N=C\c1ccccc1. The van der Waals surface area contributed by atoms with Crippen LogP contribution in [0.4, 0.5) is 0 Å². The van der Waals surface area contributed by atoms with Crippen LogP contribution in [0.25, 0.3) is 0 Å². The van der Waals surface area contributed by atoms with Gasteiger partial charge in [0.2, 0.25) is 5.91 Å². The van der Waals surface area contributed by atoms with Crippen LogP contribution in [0.2, 0.25) is 0 Å². The number of carbonyl (C=O) groups excluding carboxylic acids is 2. The minimum atomic E-state index is -0.249. The maximum atomic E-state index is 11.8. The molecule has 2 N–H and O–H groups in total. The number of rotatable bonds is 6. The Hall–Kier alpha value is -2.95. The van der Waals surface area contributed by atoms with Crippen LogP contribution in [0.3, 0.4) is 0 Å². The summed E-state index contributed by atoms with van der Waals surface area (Å²) in [6.45, 7) is 0.264. The van der Waals surface area contributed by atoms with E-state index in [-0.39, 0.29) is 24.8 Å². The lowest BCUT2D eigenvalue weighted by Gasteiger charge is -2.04. The summed E-state index contributed by atoms with van der Waals surface area (Å²) in [6.07, 6.45) is 1.74. The summed E-state index contributed by atoms with van der Waals surface area (Å²) in [5, 5.41) is 6.55. The maximum Gasteiger partial charge on any atom is 0.251 e. The molecule has 0 unspecified atom stereocenters. The summed E-state index contributed by atoms with van der Waals surface area (Å²) < 4.78 is 0. The van der Waals surface area contributed by atoms with E-state index in [4.69, 9.17) is 0 Å². The van der Waals surface area contributed by atoms with E-state index in [1.165, 1.54) is 0 Å². The maximum absolute atomic E-state index is 11.8. The average Bonchev–Trinajstić information content (AvgIpc) is 2.56. The molecule has 112 valence electrons. The Morgan fingerprint density at radius 2 is 1.59 bits per heavy atom. The highest BCUT2D eigenvalue weighted by Crippen LogP contribution is 1.97. The van der Waals surface area contributed by atoms with Gasteiger partial charge in [-0.2, -0.15) is 5.10 Å². The normalized spacial score (nSPS) is 10.4. The molecule has 2 aromatic rings. The Morgan fingerprint density at radius 1 is 0.955 bits per heavy atom. The second-order valence-corrected chi connectivity index (χ2v) is 4.58. The van der Waals surface area contributed by atoms with E-state index < -0.39 is 0 Å². The van der Waals surface area contributed by atoms with Crippen LogP contribution in [0, 0.1) is 0 Å². The molecule has 0 radical (unpaired) electrons. The van der Waals surface area contributed by atoms with Crippen molar-refractivity contribution in [3.63, 3.8) is 0 Å². The summed E-state index contributed by atoms with van der Waals surface area (Å²) in [5.74, 6) is -0.443. The lowest BCUT2D eigenvalue weighted by Crippen LogP contribution is -2.28. The zero-order valence-corrected chi connectivity index (χ0v) is 12.0. The van der Waals surface area contributed by atoms with Crippen LogP contribution in [0.5, 0.6) is 0 Å². The van der Waals surface area contributed by atoms with Crippen LogP contribution in [-0.4, -0.2) is 24.6 Å². The highest BCUT2D eigenvalue weighted by Gasteiger charge is 2.05. The van der Waals surface area contributed by atoms with Gasteiger partial charge in [0.15, 0.2) is 0 Å². The van der Waals surface area contributed by atoms with E-state index in [9.17, 15) is 9.59 Å². The number of hydrogen-bond acceptors (Lipinski definition) is 3. The Morgan fingerprint density at radius 3 is 2.27 bits per heavy atom. The molecule has 0 fully saturated rings. The van der Waals surface area contributed by atoms with E-state index in [1.807, 2.05) is 36.4 Å². The van der Waals surface area contributed by atoms with Crippen molar-refractivity contribution in [2.24, 2.45) is 5.10 Å². The molecule has 5 heteroatoms. The first-order valence-corrected chi connectivity index (χ1v) is 6.96. The van der Waals surface area contributed by atoms with Gasteiger partial charge in [-0.05, 0) is 17.7 Å². The smallest absolute Gasteiger partial charge is 0.251 e. The van der Waals surface area contributed by atoms with Gasteiger partial charge in [-0.25, -0.2) is 5.43 Å². The zero-order chi connectivity index (χ0) is 15.6. The van der Waals surface area contributed by atoms with Gasteiger partial charge < -0.3 is 5.32 Å². The van der Waals surface area contributed by atoms with Crippen LogP contribution < -0.4 is 10.7 Å². The molecule has 0 aliphatic rings. The molecule has 22 heavy (non-hydrogen) atoms. The minimum absolute atomic E-state index is 0.171. The van der Waals surface area contributed by atoms with Crippen molar-refractivity contribution in [3.8, 4) is 0 Å². The first-order chi connectivity index (χ1) is 10.8. The second-order valence-electron chi connectivity index (χ2n) is 4.58. The number of nitrogens with zero attached hydrogens (tertiary/aromatic N) is 1. The molecule has 0 saturated carbocycles. The van der Waals surface area contributed by atoms with Crippen molar-refractivity contribution < 1.29 is 9.59 Å². The average molecular weight is 295 g/mol. The van der Waals surface area contributed by atoms with Crippen LogP contribution in [0.15, 0.2) is 65.8 Å². The molecule has 0 aliphatic carbocycles. The number of carbonyl (C=O) groups is 2. The fourth-order valence-electron chi connectivity index (χ4n) is 1.75. The molecule has 0 aromatic heterocycles. The summed E-state index contributed by atoms with van der Waals surface area (Å²) in [5.41, 5.74) is 3.90. The third-order valence-corrected chi connectivity index (χ3v) is 2.88. The Labute approximate surface area is 129 Å². The van der Waals surface area contributed by atoms with E-state index in [2.05, 4.69) is 15.8 Å². The third kappa shape index (κ3) is 5.20. The lowest BCUT2D eigenvalue weighted by atomic mass is 10.2. The molecular formula is C17H17N3O2.